The highest BCUT2D eigenvalue weighted by molar-refractivity contribution is 7.11. The summed E-state index contributed by atoms with van der Waals surface area (Å²) in [6.45, 7) is 10.1. The summed E-state index contributed by atoms with van der Waals surface area (Å²) in [5.74, 6) is 0.808. The second-order valence-electron chi connectivity index (χ2n) is 5.11. The van der Waals surface area contributed by atoms with Crippen LogP contribution in [-0.2, 0) is 11.3 Å². The summed E-state index contributed by atoms with van der Waals surface area (Å²) in [6, 6.07) is 4.39. The Morgan fingerprint density at radius 1 is 1.33 bits per heavy atom. The first-order chi connectivity index (χ1) is 10.0. The molecular weight excluding hydrogens is 284 g/mol. The second-order valence-corrected chi connectivity index (χ2v) is 6.48. The molecule has 0 spiro atoms. The summed E-state index contributed by atoms with van der Waals surface area (Å²) >= 11 is 1.76. The molecule has 1 heterocycles. The number of aliphatic imine (C=N–C) groups is 1. The third kappa shape index (κ3) is 7.70. The zero-order valence-corrected chi connectivity index (χ0v) is 14.1. The first-order valence-electron chi connectivity index (χ1n) is 7.38. The molecule has 6 heteroatoms. The van der Waals surface area contributed by atoms with E-state index in [1.54, 1.807) is 11.3 Å². The lowest BCUT2D eigenvalue weighted by Gasteiger charge is -2.12. The van der Waals surface area contributed by atoms with Crippen LogP contribution in [0.3, 0.4) is 0 Å². The highest BCUT2D eigenvalue weighted by atomic mass is 32.1. The molecule has 0 aromatic carbocycles. The van der Waals surface area contributed by atoms with Gasteiger partial charge in [0, 0.05) is 35.3 Å². The van der Waals surface area contributed by atoms with Crippen molar-refractivity contribution in [2.75, 3.05) is 13.1 Å². The molecule has 0 fully saturated rings. The first kappa shape index (κ1) is 17.5. The van der Waals surface area contributed by atoms with Crippen molar-refractivity contribution < 1.29 is 4.79 Å². The lowest BCUT2D eigenvalue weighted by molar-refractivity contribution is -0.121. The van der Waals surface area contributed by atoms with Crippen LogP contribution in [0.1, 0.15) is 36.9 Å². The Bertz CT molecular complexity index is 468. The van der Waals surface area contributed by atoms with E-state index < -0.39 is 0 Å². The molecule has 5 nitrogen and oxygen atoms in total. The van der Waals surface area contributed by atoms with E-state index in [4.69, 9.17) is 0 Å². The van der Waals surface area contributed by atoms with Crippen LogP contribution >= 0.6 is 11.3 Å². The molecule has 0 aliphatic rings. The van der Waals surface area contributed by atoms with E-state index in [2.05, 4.69) is 40.0 Å². The molecule has 0 bridgehead atoms. The summed E-state index contributed by atoms with van der Waals surface area (Å²) in [4.78, 5) is 18.6. The van der Waals surface area contributed by atoms with Gasteiger partial charge in [0.1, 0.15) is 0 Å². The number of nitrogens with one attached hydrogen (secondary N) is 3. The fourth-order valence-corrected chi connectivity index (χ4v) is 2.57. The van der Waals surface area contributed by atoms with Crippen molar-refractivity contribution in [1.29, 1.82) is 0 Å². The Morgan fingerprint density at radius 3 is 2.67 bits per heavy atom. The van der Waals surface area contributed by atoms with Gasteiger partial charge in [-0.25, -0.2) is 4.99 Å². The maximum atomic E-state index is 11.6. The smallest absolute Gasteiger partial charge is 0.221 e. The van der Waals surface area contributed by atoms with E-state index in [1.165, 1.54) is 9.75 Å². The van der Waals surface area contributed by atoms with Crippen molar-refractivity contribution in [1.82, 2.24) is 16.0 Å². The molecule has 1 aromatic rings. The minimum atomic E-state index is 0.0576. The normalized spacial score (nSPS) is 11.6. The van der Waals surface area contributed by atoms with Gasteiger partial charge in [0.2, 0.25) is 5.91 Å². The monoisotopic (exact) mass is 310 g/mol. The second kappa shape index (κ2) is 9.39. The number of carbonyl (C=O) groups excluding carboxylic acids is 1. The van der Waals surface area contributed by atoms with Crippen molar-refractivity contribution in [2.45, 2.75) is 46.7 Å². The largest absolute Gasteiger partial charge is 0.357 e. The molecule has 0 aliphatic carbocycles. The number of thiophene rings is 1. The van der Waals surface area contributed by atoms with Crippen LogP contribution in [0.2, 0.25) is 0 Å². The maximum absolute atomic E-state index is 11.6. The quantitative estimate of drug-likeness (QED) is 0.533. The van der Waals surface area contributed by atoms with E-state index in [9.17, 15) is 4.79 Å². The molecular formula is C15H26N4OS. The van der Waals surface area contributed by atoms with E-state index in [-0.39, 0.29) is 11.9 Å². The summed E-state index contributed by atoms with van der Waals surface area (Å²) in [5, 5.41) is 9.24. The number of guanidine groups is 1. The Labute approximate surface area is 131 Å². The van der Waals surface area contributed by atoms with Crippen molar-refractivity contribution in [3.05, 3.63) is 21.9 Å². The summed E-state index contributed by atoms with van der Waals surface area (Å²) in [7, 11) is 0. The average Bonchev–Trinajstić information content (AvgIpc) is 2.81. The Balaban J connectivity index is 2.40. The molecule has 118 valence electrons. The highest BCUT2D eigenvalue weighted by Crippen LogP contribution is 2.15. The molecule has 1 aromatic heterocycles. The number of carbonyl (C=O) groups is 1. The van der Waals surface area contributed by atoms with Gasteiger partial charge in [-0.15, -0.1) is 11.3 Å². The van der Waals surface area contributed by atoms with E-state index in [0.717, 1.165) is 12.5 Å². The van der Waals surface area contributed by atoms with Gasteiger partial charge in [-0.05, 0) is 39.8 Å². The highest BCUT2D eigenvalue weighted by Gasteiger charge is 2.04. The SMILES string of the molecule is CCNC(=NCc1ccc(C)s1)NCCC(=O)NC(C)C. The van der Waals surface area contributed by atoms with Gasteiger partial charge in [0.15, 0.2) is 5.96 Å². The van der Waals surface area contributed by atoms with Gasteiger partial charge in [-0.2, -0.15) is 0 Å². The molecule has 0 aliphatic heterocycles. The van der Waals surface area contributed by atoms with Crippen LogP contribution in [0.5, 0.6) is 0 Å². The van der Waals surface area contributed by atoms with Gasteiger partial charge < -0.3 is 16.0 Å². The van der Waals surface area contributed by atoms with Crippen LogP contribution in [0, 0.1) is 6.92 Å². The number of hydrogen-bond acceptors (Lipinski definition) is 3. The number of rotatable bonds is 7. The number of nitrogens with zero attached hydrogens (tertiary/aromatic N) is 1. The molecule has 3 N–H and O–H groups in total. The van der Waals surface area contributed by atoms with Crippen LogP contribution < -0.4 is 16.0 Å². The first-order valence-corrected chi connectivity index (χ1v) is 8.19. The zero-order chi connectivity index (χ0) is 15.7. The number of aryl methyl sites for hydroxylation is 1. The van der Waals surface area contributed by atoms with Crippen LogP contribution in [0.15, 0.2) is 17.1 Å². The molecule has 0 saturated carbocycles. The van der Waals surface area contributed by atoms with Crippen molar-refractivity contribution in [2.24, 2.45) is 4.99 Å². The fourth-order valence-electron chi connectivity index (χ4n) is 1.76. The molecule has 0 saturated heterocycles. The van der Waals surface area contributed by atoms with Gasteiger partial charge in [0.25, 0.3) is 0 Å². The van der Waals surface area contributed by atoms with E-state index in [1.807, 2.05) is 20.8 Å². The van der Waals surface area contributed by atoms with Gasteiger partial charge >= 0.3 is 0 Å². The third-order valence-corrected chi connectivity index (χ3v) is 3.61. The fraction of sp³-hybridized carbons (Fsp3) is 0.600. The summed E-state index contributed by atoms with van der Waals surface area (Å²) in [6.07, 6.45) is 0.445. The predicted octanol–water partition coefficient (Wildman–Crippen LogP) is 2.03. The molecule has 0 radical (unpaired) electrons. The minimum Gasteiger partial charge on any atom is -0.357 e. The van der Waals surface area contributed by atoms with Gasteiger partial charge in [-0.3, -0.25) is 4.79 Å². The van der Waals surface area contributed by atoms with Crippen molar-refractivity contribution in [3.8, 4) is 0 Å². The Morgan fingerprint density at radius 2 is 2.10 bits per heavy atom. The number of hydrogen-bond donors (Lipinski definition) is 3. The van der Waals surface area contributed by atoms with Gasteiger partial charge in [-0.1, -0.05) is 0 Å². The molecule has 21 heavy (non-hydrogen) atoms. The Hall–Kier alpha value is -1.56. The van der Waals surface area contributed by atoms with E-state index >= 15 is 0 Å². The Kier molecular flexibility index (Phi) is 7.82. The average molecular weight is 310 g/mol. The zero-order valence-electron chi connectivity index (χ0n) is 13.3. The third-order valence-electron chi connectivity index (χ3n) is 2.63. The summed E-state index contributed by atoms with van der Waals surface area (Å²) < 4.78 is 0. The molecule has 1 amide bonds. The van der Waals surface area contributed by atoms with Crippen LogP contribution in [-0.4, -0.2) is 31.0 Å². The van der Waals surface area contributed by atoms with Crippen molar-refractivity contribution >= 4 is 23.2 Å². The molecule has 1 rings (SSSR count). The molecule has 0 unspecified atom stereocenters. The topological polar surface area (TPSA) is 65.5 Å². The maximum Gasteiger partial charge on any atom is 0.221 e. The molecule has 0 atom stereocenters. The van der Waals surface area contributed by atoms with Crippen LogP contribution in [0.25, 0.3) is 0 Å². The predicted molar refractivity (Wildman–Crippen MR) is 89.8 cm³/mol. The van der Waals surface area contributed by atoms with E-state index in [0.29, 0.717) is 19.5 Å². The lowest BCUT2D eigenvalue weighted by atomic mass is 10.3. The van der Waals surface area contributed by atoms with Gasteiger partial charge in [0.05, 0.1) is 6.54 Å². The lowest BCUT2D eigenvalue weighted by Crippen LogP contribution is -2.40. The summed E-state index contributed by atoms with van der Waals surface area (Å²) in [5.41, 5.74) is 0. The number of amides is 1. The standard InChI is InChI=1S/C15H26N4OS/c1-5-16-15(17-9-8-14(20)19-11(2)3)18-10-13-7-6-12(4)21-13/h6-7,11H,5,8-10H2,1-4H3,(H,19,20)(H2,16,17,18). The minimum absolute atomic E-state index is 0.0576. The van der Waals surface area contributed by atoms with Crippen molar-refractivity contribution in [3.63, 3.8) is 0 Å². The van der Waals surface area contributed by atoms with Crippen LogP contribution in [0.4, 0.5) is 0 Å².